The van der Waals surface area contributed by atoms with Crippen LogP contribution in [-0.4, -0.2) is 24.5 Å². The summed E-state index contributed by atoms with van der Waals surface area (Å²) < 4.78 is 5.69. The molecule has 0 heterocycles. The fraction of sp³-hybridized carbons (Fsp3) is 0.333. The van der Waals surface area contributed by atoms with E-state index >= 15 is 0 Å². The van der Waals surface area contributed by atoms with Crippen LogP contribution in [0.3, 0.4) is 0 Å². The SMILES string of the molecule is CCOC(=O)N[C@H](C)CC(=O)/C=C/c1ccccc1Br. The second kappa shape index (κ2) is 8.53. The predicted octanol–water partition coefficient (Wildman–Crippen LogP) is 3.56. The van der Waals surface area contributed by atoms with E-state index in [0.717, 1.165) is 10.0 Å². The van der Waals surface area contributed by atoms with Gasteiger partial charge in [-0.25, -0.2) is 4.79 Å². The van der Waals surface area contributed by atoms with Crippen molar-refractivity contribution in [1.29, 1.82) is 0 Å². The first-order valence-electron chi connectivity index (χ1n) is 6.41. The lowest BCUT2D eigenvalue weighted by atomic mass is 10.1. The van der Waals surface area contributed by atoms with Gasteiger partial charge in [-0.05, 0) is 31.6 Å². The van der Waals surface area contributed by atoms with Crippen LogP contribution in [0.1, 0.15) is 25.8 Å². The number of allylic oxidation sites excluding steroid dienone is 1. The fourth-order valence-electron chi connectivity index (χ4n) is 1.59. The Morgan fingerprint density at radius 1 is 1.40 bits per heavy atom. The maximum absolute atomic E-state index is 11.8. The number of rotatable bonds is 6. The van der Waals surface area contributed by atoms with Crippen LogP contribution < -0.4 is 5.32 Å². The molecule has 1 atom stereocenters. The highest BCUT2D eigenvalue weighted by molar-refractivity contribution is 9.10. The molecular weight excluding hydrogens is 322 g/mol. The summed E-state index contributed by atoms with van der Waals surface area (Å²) in [7, 11) is 0. The normalized spacial score (nSPS) is 12.2. The summed E-state index contributed by atoms with van der Waals surface area (Å²) in [5.41, 5.74) is 0.937. The molecule has 108 valence electrons. The van der Waals surface area contributed by atoms with Crippen molar-refractivity contribution >= 4 is 33.9 Å². The molecule has 1 aromatic rings. The van der Waals surface area contributed by atoms with Gasteiger partial charge in [0.1, 0.15) is 0 Å². The monoisotopic (exact) mass is 339 g/mol. The molecule has 1 aromatic carbocycles. The highest BCUT2D eigenvalue weighted by Crippen LogP contribution is 2.17. The first-order valence-corrected chi connectivity index (χ1v) is 7.21. The number of benzene rings is 1. The van der Waals surface area contributed by atoms with Gasteiger partial charge in [0.25, 0.3) is 0 Å². The minimum Gasteiger partial charge on any atom is -0.450 e. The third kappa shape index (κ3) is 6.02. The number of carbonyl (C=O) groups excluding carboxylic acids is 2. The van der Waals surface area contributed by atoms with Gasteiger partial charge in [-0.15, -0.1) is 0 Å². The Labute approximate surface area is 127 Å². The standard InChI is InChI=1S/C15H18BrNO3/c1-3-20-15(19)17-11(2)10-13(18)9-8-12-6-4-5-7-14(12)16/h4-9,11H,3,10H2,1-2H3,(H,17,19)/b9-8+/t11-/m1/s1. The van der Waals surface area contributed by atoms with Gasteiger partial charge in [0.2, 0.25) is 0 Å². The number of hydrogen-bond donors (Lipinski definition) is 1. The lowest BCUT2D eigenvalue weighted by Crippen LogP contribution is -2.34. The van der Waals surface area contributed by atoms with Gasteiger partial charge in [-0.3, -0.25) is 4.79 Å². The summed E-state index contributed by atoms with van der Waals surface area (Å²) in [4.78, 5) is 23.0. The molecule has 0 aliphatic heterocycles. The number of carbonyl (C=O) groups is 2. The molecule has 0 aliphatic rings. The largest absolute Gasteiger partial charge is 0.450 e. The Kier molecular flexibility index (Phi) is 7.01. The number of amides is 1. The molecule has 0 saturated carbocycles. The van der Waals surface area contributed by atoms with E-state index in [9.17, 15) is 9.59 Å². The molecule has 4 nitrogen and oxygen atoms in total. The van der Waals surface area contributed by atoms with Crippen molar-refractivity contribution < 1.29 is 14.3 Å². The predicted molar refractivity (Wildman–Crippen MR) is 82.4 cm³/mol. The van der Waals surface area contributed by atoms with Crippen LogP contribution in [0.2, 0.25) is 0 Å². The Bertz CT molecular complexity index is 500. The Morgan fingerprint density at radius 3 is 2.75 bits per heavy atom. The van der Waals surface area contributed by atoms with E-state index in [0.29, 0.717) is 6.61 Å². The highest BCUT2D eigenvalue weighted by atomic mass is 79.9. The second-order valence-corrected chi connectivity index (χ2v) is 5.15. The molecule has 20 heavy (non-hydrogen) atoms. The van der Waals surface area contributed by atoms with Crippen molar-refractivity contribution in [1.82, 2.24) is 5.32 Å². The maximum atomic E-state index is 11.8. The van der Waals surface area contributed by atoms with Crippen LogP contribution in [0.15, 0.2) is 34.8 Å². The first-order chi connectivity index (χ1) is 9.52. The van der Waals surface area contributed by atoms with E-state index < -0.39 is 6.09 Å². The molecule has 0 aromatic heterocycles. The number of alkyl carbamates (subject to hydrolysis) is 1. The average molecular weight is 340 g/mol. The molecule has 0 spiro atoms. The van der Waals surface area contributed by atoms with Gasteiger partial charge >= 0.3 is 6.09 Å². The first kappa shape index (κ1) is 16.4. The molecule has 0 unspecified atom stereocenters. The molecule has 1 amide bonds. The zero-order valence-electron chi connectivity index (χ0n) is 11.6. The van der Waals surface area contributed by atoms with Gasteiger partial charge in [0, 0.05) is 16.9 Å². The topological polar surface area (TPSA) is 55.4 Å². The zero-order valence-corrected chi connectivity index (χ0v) is 13.1. The van der Waals surface area contributed by atoms with Crippen LogP contribution in [-0.2, 0) is 9.53 Å². The van der Waals surface area contributed by atoms with E-state index in [1.165, 1.54) is 6.08 Å². The summed E-state index contributed by atoms with van der Waals surface area (Å²) in [6.45, 7) is 3.81. The third-order valence-electron chi connectivity index (χ3n) is 2.50. The summed E-state index contributed by atoms with van der Waals surface area (Å²) in [6.07, 6.45) is 3.01. The molecular formula is C15H18BrNO3. The molecule has 0 radical (unpaired) electrons. The van der Waals surface area contributed by atoms with Crippen molar-refractivity contribution in [2.24, 2.45) is 0 Å². The van der Waals surface area contributed by atoms with E-state index in [1.54, 1.807) is 19.9 Å². The van der Waals surface area contributed by atoms with Crippen LogP contribution in [0.4, 0.5) is 4.79 Å². The third-order valence-corrected chi connectivity index (χ3v) is 3.22. The van der Waals surface area contributed by atoms with Crippen LogP contribution in [0.25, 0.3) is 6.08 Å². The van der Waals surface area contributed by atoms with Crippen molar-refractivity contribution in [3.63, 3.8) is 0 Å². The number of ether oxygens (including phenoxy) is 1. The quantitative estimate of drug-likeness (QED) is 0.806. The van der Waals surface area contributed by atoms with Crippen molar-refractivity contribution in [3.05, 3.63) is 40.4 Å². The van der Waals surface area contributed by atoms with Gasteiger partial charge in [0.05, 0.1) is 6.61 Å². The minimum absolute atomic E-state index is 0.0509. The van der Waals surface area contributed by atoms with E-state index in [4.69, 9.17) is 4.74 Å². The number of halogens is 1. The highest BCUT2D eigenvalue weighted by Gasteiger charge is 2.10. The van der Waals surface area contributed by atoms with Gasteiger partial charge in [-0.1, -0.05) is 40.2 Å². The van der Waals surface area contributed by atoms with Crippen LogP contribution in [0, 0.1) is 0 Å². The Hall–Kier alpha value is -1.62. The van der Waals surface area contributed by atoms with E-state index in [2.05, 4.69) is 21.2 Å². The zero-order chi connectivity index (χ0) is 15.0. The van der Waals surface area contributed by atoms with E-state index in [-0.39, 0.29) is 18.2 Å². The van der Waals surface area contributed by atoms with Crippen LogP contribution >= 0.6 is 15.9 Å². The van der Waals surface area contributed by atoms with Crippen molar-refractivity contribution in [2.75, 3.05) is 6.61 Å². The molecule has 0 saturated heterocycles. The minimum atomic E-state index is -0.498. The number of hydrogen-bond acceptors (Lipinski definition) is 3. The average Bonchev–Trinajstić information content (AvgIpc) is 2.37. The number of nitrogens with one attached hydrogen (secondary N) is 1. The molecule has 1 N–H and O–H groups in total. The van der Waals surface area contributed by atoms with Gasteiger partial charge < -0.3 is 10.1 Å². The maximum Gasteiger partial charge on any atom is 0.407 e. The molecule has 1 rings (SSSR count). The Balaban J connectivity index is 2.47. The molecule has 0 bridgehead atoms. The van der Waals surface area contributed by atoms with E-state index in [1.807, 2.05) is 24.3 Å². The summed E-state index contributed by atoms with van der Waals surface area (Å²) in [5, 5.41) is 2.60. The van der Waals surface area contributed by atoms with Crippen LogP contribution in [0.5, 0.6) is 0 Å². The smallest absolute Gasteiger partial charge is 0.407 e. The van der Waals surface area contributed by atoms with Crippen molar-refractivity contribution in [2.45, 2.75) is 26.3 Å². The summed E-state index contributed by atoms with van der Waals surface area (Å²) in [6, 6.07) is 7.38. The van der Waals surface area contributed by atoms with Gasteiger partial charge in [-0.2, -0.15) is 0 Å². The molecule has 0 aliphatic carbocycles. The molecule has 5 heteroatoms. The van der Waals surface area contributed by atoms with Gasteiger partial charge in [0.15, 0.2) is 5.78 Å². The lowest BCUT2D eigenvalue weighted by molar-refractivity contribution is -0.114. The van der Waals surface area contributed by atoms with Crippen molar-refractivity contribution in [3.8, 4) is 0 Å². The fourth-order valence-corrected chi connectivity index (χ4v) is 2.00. The summed E-state index contributed by atoms with van der Waals surface area (Å²) in [5.74, 6) is -0.0509. The lowest BCUT2D eigenvalue weighted by Gasteiger charge is -2.11. The summed E-state index contributed by atoms with van der Waals surface area (Å²) >= 11 is 3.41. The Morgan fingerprint density at radius 2 is 2.10 bits per heavy atom. The molecule has 0 fully saturated rings. The number of ketones is 1. The second-order valence-electron chi connectivity index (χ2n) is 4.29.